The van der Waals surface area contributed by atoms with Crippen LogP contribution in [-0.4, -0.2) is 41.6 Å². The molecule has 2 aromatic carbocycles. The molecule has 2 heterocycles. The van der Waals surface area contributed by atoms with E-state index in [9.17, 15) is 14.7 Å². The molecule has 1 saturated heterocycles. The minimum Gasteiger partial charge on any atom is -0.481 e. The zero-order chi connectivity index (χ0) is 22.5. The van der Waals surface area contributed by atoms with Crippen molar-refractivity contribution in [3.05, 3.63) is 70.7 Å². The van der Waals surface area contributed by atoms with Crippen molar-refractivity contribution < 1.29 is 14.7 Å². The van der Waals surface area contributed by atoms with Crippen LogP contribution in [0.4, 0.5) is 5.69 Å². The Kier molecular flexibility index (Phi) is 6.85. The number of anilines is 1. The van der Waals surface area contributed by atoms with Gasteiger partial charge in [0.25, 0.3) is 5.91 Å². The number of amides is 1. The second-order valence-electron chi connectivity index (χ2n) is 8.16. The van der Waals surface area contributed by atoms with Gasteiger partial charge in [0, 0.05) is 30.9 Å². The second-order valence-corrected chi connectivity index (χ2v) is 9.16. The number of aryl methyl sites for hydroxylation is 1. The maximum Gasteiger partial charge on any atom is 0.307 e. The fourth-order valence-corrected chi connectivity index (χ4v) is 5.20. The molecule has 3 aromatic rings. The van der Waals surface area contributed by atoms with Crippen LogP contribution >= 0.6 is 11.3 Å². The number of para-hydroxylation sites is 1. The molecule has 6 nitrogen and oxygen atoms in total. The van der Waals surface area contributed by atoms with Gasteiger partial charge in [-0.25, -0.2) is 4.98 Å². The molecule has 0 saturated carbocycles. The summed E-state index contributed by atoms with van der Waals surface area (Å²) in [5.74, 6) is -0.592. The molecular formula is C25H27N3O3S. The van der Waals surface area contributed by atoms with Gasteiger partial charge in [-0.1, -0.05) is 48.5 Å². The van der Waals surface area contributed by atoms with Crippen LogP contribution in [0.2, 0.25) is 0 Å². The molecule has 4 rings (SSSR count). The lowest BCUT2D eigenvalue weighted by molar-refractivity contribution is -0.136. The van der Waals surface area contributed by atoms with Crippen molar-refractivity contribution in [2.24, 2.45) is 5.92 Å². The molecule has 7 heteroatoms. The van der Waals surface area contributed by atoms with Crippen LogP contribution in [0.3, 0.4) is 0 Å². The first-order valence-corrected chi connectivity index (χ1v) is 11.7. The Morgan fingerprint density at radius 1 is 1.16 bits per heavy atom. The molecule has 1 atom stereocenters. The molecule has 1 aliphatic heterocycles. The molecule has 1 unspecified atom stereocenters. The molecule has 0 aliphatic carbocycles. The third-order valence-electron chi connectivity index (χ3n) is 5.77. The fraction of sp³-hybridized carbons (Fsp3) is 0.320. The molecule has 0 spiro atoms. The number of nitrogens with zero attached hydrogens (tertiary/aromatic N) is 2. The normalized spacial score (nSPS) is 16.0. The van der Waals surface area contributed by atoms with Crippen LogP contribution in [0, 0.1) is 12.8 Å². The van der Waals surface area contributed by atoms with Crippen molar-refractivity contribution in [2.75, 3.05) is 24.5 Å². The highest BCUT2D eigenvalue weighted by atomic mass is 32.1. The number of piperidine rings is 1. The summed E-state index contributed by atoms with van der Waals surface area (Å²) < 4.78 is 0. The molecule has 32 heavy (non-hydrogen) atoms. The Labute approximate surface area is 191 Å². The number of thiazole rings is 1. The van der Waals surface area contributed by atoms with Gasteiger partial charge in [0.05, 0.1) is 12.1 Å². The van der Waals surface area contributed by atoms with Crippen LogP contribution in [0.5, 0.6) is 0 Å². The summed E-state index contributed by atoms with van der Waals surface area (Å²) in [5, 5.41) is 13.2. The maximum absolute atomic E-state index is 12.9. The van der Waals surface area contributed by atoms with Gasteiger partial charge in [0.1, 0.15) is 9.88 Å². The van der Waals surface area contributed by atoms with Gasteiger partial charge >= 0.3 is 5.97 Å². The van der Waals surface area contributed by atoms with Gasteiger partial charge < -0.3 is 15.3 Å². The topological polar surface area (TPSA) is 82.5 Å². The molecule has 1 aliphatic rings. The number of hydrogen-bond donors (Lipinski definition) is 2. The van der Waals surface area contributed by atoms with Gasteiger partial charge in [-0.2, -0.15) is 0 Å². The Balaban J connectivity index is 1.39. The smallest absolute Gasteiger partial charge is 0.307 e. The summed E-state index contributed by atoms with van der Waals surface area (Å²) in [6.07, 6.45) is 2.07. The number of aromatic nitrogens is 1. The van der Waals surface area contributed by atoms with Gasteiger partial charge in [-0.05, 0) is 37.3 Å². The van der Waals surface area contributed by atoms with Crippen LogP contribution in [0.25, 0.3) is 10.6 Å². The zero-order valence-electron chi connectivity index (χ0n) is 18.1. The predicted molar refractivity (Wildman–Crippen MR) is 127 cm³/mol. The largest absolute Gasteiger partial charge is 0.481 e. The highest BCUT2D eigenvalue weighted by Crippen LogP contribution is 2.29. The minimum absolute atomic E-state index is 0.0163. The number of carboxylic acid groups (broad SMARTS) is 1. The van der Waals surface area contributed by atoms with Crippen molar-refractivity contribution in [1.82, 2.24) is 10.3 Å². The van der Waals surface area contributed by atoms with E-state index in [1.165, 1.54) is 11.3 Å². The molecule has 1 aromatic heterocycles. The van der Waals surface area contributed by atoms with E-state index in [1.807, 2.05) is 61.5 Å². The molecular weight excluding hydrogens is 422 g/mol. The summed E-state index contributed by atoms with van der Waals surface area (Å²) >= 11 is 1.42. The third-order valence-corrected chi connectivity index (χ3v) is 6.97. The number of carbonyl (C=O) groups is 2. The molecule has 1 fully saturated rings. The van der Waals surface area contributed by atoms with Crippen molar-refractivity contribution in [1.29, 1.82) is 0 Å². The van der Waals surface area contributed by atoms with Crippen molar-refractivity contribution >= 4 is 28.9 Å². The maximum atomic E-state index is 12.9. The van der Waals surface area contributed by atoms with Gasteiger partial charge in [-0.3, -0.25) is 9.59 Å². The van der Waals surface area contributed by atoms with Gasteiger partial charge in [-0.15, -0.1) is 11.3 Å². The van der Waals surface area contributed by atoms with E-state index in [1.54, 1.807) is 0 Å². The summed E-state index contributed by atoms with van der Waals surface area (Å²) in [7, 11) is 0. The van der Waals surface area contributed by atoms with E-state index in [0.29, 0.717) is 17.3 Å². The lowest BCUT2D eigenvalue weighted by Gasteiger charge is -2.35. The zero-order valence-corrected chi connectivity index (χ0v) is 18.9. The molecule has 0 radical (unpaired) electrons. The Bertz CT molecular complexity index is 1100. The first-order valence-electron chi connectivity index (χ1n) is 10.9. The summed E-state index contributed by atoms with van der Waals surface area (Å²) in [4.78, 5) is 31.6. The van der Waals surface area contributed by atoms with Crippen LogP contribution in [0.15, 0.2) is 54.6 Å². The third kappa shape index (κ3) is 5.16. The van der Waals surface area contributed by atoms with Gasteiger partial charge in [0.15, 0.2) is 0 Å². The standard InChI is InChI=1S/C25H27N3O3S/c1-17-23(32-25(27-17)19-9-3-2-4-10-19)24(31)26-15-18-8-7-13-28(16-18)21-12-6-5-11-20(21)14-22(29)30/h2-6,9-12,18H,7-8,13-16H2,1H3,(H,26,31)(H,29,30). The summed E-state index contributed by atoms with van der Waals surface area (Å²) in [6, 6.07) is 17.6. The van der Waals surface area contributed by atoms with Crippen LogP contribution in [-0.2, 0) is 11.2 Å². The average Bonchev–Trinajstić information content (AvgIpc) is 3.20. The molecule has 166 valence electrons. The monoisotopic (exact) mass is 449 g/mol. The molecule has 2 N–H and O–H groups in total. The number of benzene rings is 2. The van der Waals surface area contributed by atoms with Crippen molar-refractivity contribution in [3.8, 4) is 10.6 Å². The van der Waals surface area contributed by atoms with E-state index in [0.717, 1.165) is 53.4 Å². The second kappa shape index (κ2) is 9.96. The number of carboxylic acids is 1. The fourth-order valence-electron chi connectivity index (χ4n) is 4.21. The number of aliphatic carboxylic acids is 1. The SMILES string of the molecule is Cc1nc(-c2ccccc2)sc1C(=O)NCC1CCCN(c2ccccc2CC(=O)O)C1. The highest BCUT2D eigenvalue weighted by molar-refractivity contribution is 7.17. The predicted octanol–water partition coefficient (Wildman–Crippen LogP) is 4.39. The molecule has 1 amide bonds. The minimum atomic E-state index is -0.826. The Morgan fingerprint density at radius 3 is 2.69 bits per heavy atom. The number of hydrogen-bond acceptors (Lipinski definition) is 5. The van der Waals surface area contributed by atoms with Crippen molar-refractivity contribution in [2.45, 2.75) is 26.2 Å². The summed E-state index contributed by atoms with van der Waals surface area (Å²) in [5.41, 5.74) is 3.58. The number of carbonyl (C=O) groups excluding carboxylic acids is 1. The van der Waals surface area contributed by atoms with Gasteiger partial charge in [0.2, 0.25) is 0 Å². The summed E-state index contributed by atoms with van der Waals surface area (Å²) in [6.45, 7) is 4.16. The van der Waals surface area contributed by atoms with E-state index >= 15 is 0 Å². The quantitative estimate of drug-likeness (QED) is 0.559. The number of nitrogens with one attached hydrogen (secondary N) is 1. The van der Waals surface area contributed by atoms with Crippen molar-refractivity contribution in [3.63, 3.8) is 0 Å². The Morgan fingerprint density at radius 2 is 1.91 bits per heavy atom. The first kappa shape index (κ1) is 22.0. The van der Waals surface area contributed by atoms with E-state index in [4.69, 9.17) is 0 Å². The van der Waals surface area contributed by atoms with E-state index in [2.05, 4.69) is 15.2 Å². The van der Waals surface area contributed by atoms with Crippen LogP contribution < -0.4 is 10.2 Å². The highest BCUT2D eigenvalue weighted by Gasteiger charge is 2.24. The first-order chi connectivity index (χ1) is 15.5. The number of rotatable bonds is 7. The molecule has 0 bridgehead atoms. The van der Waals surface area contributed by atoms with E-state index < -0.39 is 5.97 Å². The van der Waals surface area contributed by atoms with E-state index in [-0.39, 0.29) is 12.3 Å². The Hall–Kier alpha value is -3.19. The lowest BCUT2D eigenvalue weighted by Crippen LogP contribution is -2.41. The lowest BCUT2D eigenvalue weighted by atomic mass is 9.96. The average molecular weight is 450 g/mol. The van der Waals surface area contributed by atoms with Crippen LogP contribution in [0.1, 0.15) is 33.8 Å².